The van der Waals surface area contributed by atoms with Crippen LogP contribution in [0.1, 0.15) is 104 Å². The van der Waals surface area contributed by atoms with Gasteiger partial charge in [-0.3, -0.25) is 28.8 Å². The largest absolute Gasteiger partial charge is 0.440 e. The van der Waals surface area contributed by atoms with Gasteiger partial charge in [0.2, 0.25) is 0 Å². The lowest BCUT2D eigenvalue weighted by Gasteiger charge is -2.47. The Morgan fingerprint density at radius 3 is 0.576 bits per heavy atom. The van der Waals surface area contributed by atoms with Gasteiger partial charge in [-0.2, -0.15) is 0 Å². The van der Waals surface area contributed by atoms with E-state index >= 15 is 0 Å². The van der Waals surface area contributed by atoms with Crippen molar-refractivity contribution in [3.8, 4) is 34.5 Å². The predicted molar refractivity (Wildman–Crippen MR) is 249 cm³/mol. The predicted octanol–water partition coefficient (Wildman–Crippen LogP) is 12.0. The number of ketones is 6. The Morgan fingerprint density at radius 1 is 0.273 bits per heavy atom. The van der Waals surface area contributed by atoms with Crippen LogP contribution in [0.25, 0.3) is 0 Å². The molecule has 1 fully saturated rings. The SMILES string of the molecule is CC(=O)c1ccc(ON2P(Oc3ccc(C(C)=O)cc3)N(Oc3ccc(C(C)=O)cc3)P(Oc3ccc(C(C)=O)cc3)N(Oc3ccc(C(C)=O)cc3)P2Oc2ccc(C(C)=O)cc2)cc1. The lowest BCUT2D eigenvalue weighted by Crippen LogP contribution is -2.44. The Balaban J connectivity index is 1.46. The van der Waals surface area contributed by atoms with Gasteiger partial charge in [0.25, 0.3) is 0 Å². The first kappa shape index (κ1) is 47.3. The van der Waals surface area contributed by atoms with Crippen LogP contribution in [0.4, 0.5) is 0 Å². The van der Waals surface area contributed by atoms with Crippen LogP contribution in [-0.4, -0.2) is 48.5 Å². The van der Waals surface area contributed by atoms with Gasteiger partial charge in [0.15, 0.2) is 34.7 Å². The molecule has 0 saturated carbocycles. The zero-order chi connectivity index (χ0) is 47.1. The maximum absolute atomic E-state index is 12.3. The third-order valence-corrected chi connectivity index (χ3v) is 15.7. The number of carbonyl (C=O) groups is 6. The molecule has 0 unspecified atom stereocenters. The Hall–Kier alpha value is -6.69. The van der Waals surface area contributed by atoms with Crippen molar-refractivity contribution in [2.45, 2.75) is 41.5 Å². The fourth-order valence-corrected chi connectivity index (χ4v) is 12.7. The highest BCUT2D eigenvalue weighted by molar-refractivity contribution is 7.78. The van der Waals surface area contributed by atoms with Gasteiger partial charge in [0.05, 0.1) is 0 Å². The lowest BCUT2D eigenvalue weighted by atomic mass is 10.1. The summed E-state index contributed by atoms with van der Waals surface area (Å²) >= 11 is 0. The van der Waals surface area contributed by atoms with E-state index < -0.39 is 25.3 Å². The fourth-order valence-electron chi connectivity index (χ4n) is 5.88. The normalized spacial score (nSPS) is 16.4. The minimum atomic E-state index is -2.47. The maximum atomic E-state index is 12.3. The standard InChI is InChI=1S/C48H42N3O12P3/c1-31(52)37-7-19-43(20-8-37)58-49-64(61-46-25-13-40(14-26-46)34(4)55)50(59-44-21-9-38(10-22-44)32(2)53)66(63-48-29-17-42(18-30-48)36(6)57)51(60-45-23-11-39(12-24-45)33(3)54)65(49)62-47-27-15-41(16-28-47)35(5)56/h7-30H,1-6H3. The van der Waals surface area contributed by atoms with Crippen molar-refractivity contribution in [1.29, 1.82) is 0 Å². The molecule has 0 N–H and O–H groups in total. The van der Waals surface area contributed by atoms with Gasteiger partial charge >= 0.3 is 25.3 Å². The van der Waals surface area contributed by atoms with E-state index in [0.29, 0.717) is 33.4 Å². The third-order valence-electron chi connectivity index (χ3n) is 9.57. The van der Waals surface area contributed by atoms with Crippen molar-refractivity contribution in [3.05, 3.63) is 179 Å². The molecule has 336 valence electrons. The molecule has 7 rings (SSSR count). The molecular weight excluding hydrogens is 903 g/mol. The first-order chi connectivity index (χ1) is 31.6. The second kappa shape index (κ2) is 21.1. The molecule has 0 spiro atoms. The second-order valence-corrected chi connectivity index (χ2v) is 19.7. The van der Waals surface area contributed by atoms with Gasteiger partial charge < -0.3 is 28.1 Å². The van der Waals surface area contributed by atoms with Crippen LogP contribution >= 0.6 is 25.3 Å². The number of Topliss-reactive ketones (excluding diaryl/α,β-unsaturated/α-hetero) is 6. The van der Waals surface area contributed by atoms with Gasteiger partial charge in [0, 0.05) is 47.2 Å². The van der Waals surface area contributed by atoms with Crippen LogP contribution < -0.4 is 28.1 Å². The smallest absolute Gasteiger partial charge is 0.336 e. The molecule has 0 aromatic heterocycles. The minimum Gasteiger partial charge on any atom is -0.440 e. The molecule has 6 aromatic rings. The molecule has 1 aliphatic heterocycles. The van der Waals surface area contributed by atoms with Crippen molar-refractivity contribution >= 4 is 60.0 Å². The molecule has 1 aliphatic rings. The van der Waals surface area contributed by atoms with Gasteiger partial charge in [0.1, 0.15) is 34.5 Å². The molecule has 0 bridgehead atoms. The first-order valence-electron chi connectivity index (χ1n) is 20.2. The first-order valence-corrected chi connectivity index (χ1v) is 23.7. The van der Waals surface area contributed by atoms with Crippen LogP contribution in [-0.2, 0) is 0 Å². The molecular formula is C48H42N3O12P3. The van der Waals surface area contributed by atoms with E-state index in [1.54, 1.807) is 146 Å². The second-order valence-electron chi connectivity index (χ2n) is 14.5. The Kier molecular flexibility index (Phi) is 15.1. The third kappa shape index (κ3) is 11.6. The molecule has 18 heteroatoms. The zero-order valence-corrected chi connectivity index (χ0v) is 39.1. The Morgan fingerprint density at radius 2 is 0.424 bits per heavy atom. The minimum absolute atomic E-state index is 0.160. The van der Waals surface area contributed by atoms with E-state index in [-0.39, 0.29) is 69.2 Å². The van der Waals surface area contributed by atoms with Crippen LogP contribution in [0, 0.1) is 0 Å². The molecule has 0 aliphatic carbocycles. The highest BCUT2D eigenvalue weighted by Gasteiger charge is 2.60. The van der Waals surface area contributed by atoms with Gasteiger partial charge in [-0.1, -0.05) is 0 Å². The van der Waals surface area contributed by atoms with Crippen LogP contribution in [0.5, 0.6) is 34.5 Å². The Bertz CT molecular complexity index is 2240. The zero-order valence-electron chi connectivity index (χ0n) is 36.4. The number of nitrogens with zero attached hydrogens (tertiary/aromatic N) is 3. The van der Waals surface area contributed by atoms with Gasteiger partial charge in [-0.25, -0.2) is 0 Å². The van der Waals surface area contributed by atoms with Crippen molar-refractivity contribution in [2.24, 2.45) is 0 Å². The summed E-state index contributed by atoms with van der Waals surface area (Å²) in [4.78, 5) is 94.3. The molecule has 15 nitrogen and oxygen atoms in total. The summed E-state index contributed by atoms with van der Waals surface area (Å²) in [6.45, 7) is 8.68. The van der Waals surface area contributed by atoms with E-state index in [0.717, 1.165) is 0 Å². The topological polar surface area (TPSA) is 168 Å². The monoisotopic (exact) mass is 945 g/mol. The molecule has 66 heavy (non-hydrogen) atoms. The summed E-state index contributed by atoms with van der Waals surface area (Å²) in [6.07, 6.45) is 0. The molecule has 0 amide bonds. The molecule has 6 aromatic carbocycles. The molecule has 1 heterocycles. The van der Waals surface area contributed by atoms with Crippen molar-refractivity contribution < 1.29 is 56.9 Å². The van der Waals surface area contributed by atoms with Crippen LogP contribution in [0.3, 0.4) is 0 Å². The average Bonchev–Trinajstić information content (AvgIpc) is 3.30. The number of hydrogen-bond acceptors (Lipinski definition) is 15. The van der Waals surface area contributed by atoms with Crippen LogP contribution in [0.15, 0.2) is 146 Å². The summed E-state index contributed by atoms with van der Waals surface area (Å²) in [6, 6.07) is 38.6. The van der Waals surface area contributed by atoms with E-state index in [1.165, 1.54) is 55.4 Å². The van der Waals surface area contributed by atoms with Crippen molar-refractivity contribution in [3.63, 3.8) is 0 Å². The summed E-state index contributed by atoms with van der Waals surface area (Å²) in [5, 5.41) is 0. The number of hydrogen-bond donors (Lipinski definition) is 0. The van der Waals surface area contributed by atoms with E-state index in [9.17, 15) is 28.8 Å². The van der Waals surface area contributed by atoms with E-state index in [4.69, 9.17) is 28.1 Å². The van der Waals surface area contributed by atoms with E-state index in [2.05, 4.69) is 0 Å². The quantitative estimate of drug-likeness (QED) is 0.0589. The highest BCUT2D eigenvalue weighted by Crippen LogP contribution is 2.76. The summed E-state index contributed by atoms with van der Waals surface area (Å²) in [7, 11) is -7.41. The maximum Gasteiger partial charge on any atom is 0.336 e. The number of benzene rings is 6. The summed E-state index contributed by atoms with van der Waals surface area (Å²) < 4.78 is 24.8. The highest BCUT2D eigenvalue weighted by atomic mass is 31.3. The fraction of sp³-hybridized carbons (Fsp3) is 0.125. The molecule has 0 atom stereocenters. The van der Waals surface area contributed by atoms with Crippen molar-refractivity contribution in [2.75, 3.05) is 0 Å². The van der Waals surface area contributed by atoms with E-state index in [1.807, 2.05) is 0 Å². The summed E-state index contributed by atoms with van der Waals surface area (Å²) in [5.74, 6) is 0.607. The molecule has 1 saturated heterocycles. The van der Waals surface area contributed by atoms with Gasteiger partial charge in [-0.15, -0.1) is 0 Å². The summed E-state index contributed by atoms with van der Waals surface area (Å²) in [5.41, 5.74) is 2.60. The Labute approximate surface area is 384 Å². The lowest BCUT2D eigenvalue weighted by molar-refractivity contribution is 0.0103. The number of rotatable bonds is 18. The van der Waals surface area contributed by atoms with Crippen LogP contribution in [0.2, 0.25) is 0 Å². The number of carbonyl (C=O) groups excluding carboxylic acids is 6. The molecule has 0 radical (unpaired) electrons. The van der Waals surface area contributed by atoms with Crippen molar-refractivity contribution in [1.82, 2.24) is 13.8 Å². The average molecular weight is 946 g/mol. The van der Waals surface area contributed by atoms with Gasteiger partial charge in [-0.05, 0) is 187 Å².